The third-order valence-electron chi connectivity index (χ3n) is 6.92. The Morgan fingerprint density at radius 3 is 2.42 bits per heavy atom. The van der Waals surface area contributed by atoms with Crippen LogP contribution in [0.1, 0.15) is 32.1 Å². The monoisotopic (exact) mass is 589 g/mol. The molecule has 0 radical (unpaired) electrons. The lowest BCUT2D eigenvalue weighted by atomic mass is 9.96. The maximum absolute atomic E-state index is 13.6. The van der Waals surface area contributed by atoms with Gasteiger partial charge in [0.2, 0.25) is 15.9 Å². The lowest BCUT2D eigenvalue weighted by Crippen LogP contribution is -2.45. The highest BCUT2D eigenvalue weighted by Crippen LogP contribution is 2.33. The van der Waals surface area contributed by atoms with Gasteiger partial charge < -0.3 is 9.80 Å². The molecule has 2 aromatic rings. The van der Waals surface area contributed by atoms with Gasteiger partial charge in [0.25, 0.3) is 0 Å². The second-order valence-electron chi connectivity index (χ2n) is 9.47. The number of sulfonamides is 1. The fraction of sp³-hybridized carbons (Fsp3) is 0.560. The molecule has 2 saturated heterocycles. The van der Waals surface area contributed by atoms with Crippen molar-refractivity contribution in [1.29, 1.82) is 0 Å². The van der Waals surface area contributed by atoms with Crippen LogP contribution in [0.25, 0.3) is 0 Å². The molecule has 1 aromatic carbocycles. The van der Waals surface area contributed by atoms with Gasteiger partial charge in [0.15, 0.2) is 0 Å². The number of rotatable bonds is 9. The molecule has 0 aliphatic carbocycles. The Morgan fingerprint density at radius 2 is 1.81 bits per heavy atom. The number of carbonyl (C=O) groups excluding carboxylic acids is 1. The van der Waals surface area contributed by atoms with Crippen molar-refractivity contribution >= 4 is 67.9 Å². The Bertz CT molecular complexity index is 1110. The molecule has 6 nitrogen and oxygen atoms in total. The summed E-state index contributed by atoms with van der Waals surface area (Å²) in [6.07, 6.45) is 5.49. The molecule has 4 rings (SSSR count). The quantitative estimate of drug-likeness (QED) is 0.375. The molecule has 11 heteroatoms. The van der Waals surface area contributed by atoms with Crippen molar-refractivity contribution in [1.82, 2.24) is 9.21 Å². The van der Waals surface area contributed by atoms with Crippen LogP contribution >= 0.6 is 46.3 Å². The van der Waals surface area contributed by atoms with Crippen LogP contribution in [0, 0.1) is 5.92 Å². The normalized spacial score (nSPS) is 19.0. The lowest BCUT2D eigenvalue weighted by Gasteiger charge is -2.34. The van der Waals surface area contributed by atoms with Crippen molar-refractivity contribution < 1.29 is 13.2 Å². The number of hydrogen-bond donors (Lipinski definition) is 0. The number of benzene rings is 1. The average Bonchev–Trinajstić information content (AvgIpc) is 3.37. The van der Waals surface area contributed by atoms with Gasteiger partial charge in [-0.05, 0) is 81.4 Å². The molecule has 0 atom stereocenters. The first-order valence-corrected chi connectivity index (χ1v) is 16.7. The highest BCUT2D eigenvalue weighted by molar-refractivity contribution is 8.01. The summed E-state index contributed by atoms with van der Waals surface area (Å²) in [5.74, 6) is -0.171. The number of thiophene rings is 1. The molecule has 36 heavy (non-hydrogen) atoms. The second-order valence-corrected chi connectivity index (χ2v) is 14.8. The Kier molecular flexibility index (Phi) is 10.0. The summed E-state index contributed by atoms with van der Waals surface area (Å²) in [7, 11) is -3.23. The van der Waals surface area contributed by atoms with Crippen molar-refractivity contribution in [3.05, 3.63) is 45.8 Å². The van der Waals surface area contributed by atoms with E-state index in [2.05, 4.69) is 22.4 Å². The molecule has 3 heterocycles. The molecule has 0 spiro atoms. The van der Waals surface area contributed by atoms with Gasteiger partial charge >= 0.3 is 0 Å². The third-order valence-corrected chi connectivity index (χ3v) is 11.4. The topological polar surface area (TPSA) is 60.9 Å². The zero-order valence-electron chi connectivity index (χ0n) is 20.4. The standard InChI is InChI=1S/C25H33Cl2N3O3S3/c1-36(32,33)29-15-7-19(8-16-29)25(31)30(20-5-6-22(26)23(27)18-20)12-3-11-28-13-9-21(10-14-28)35-24-4-2-17-34-24/h2,4-6,17-19,21H,3,7-16H2,1H3. The van der Waals surface area contributed by atoms with Crippen LogP contribution in [0.4, 0.5) is 5.69 Å². The van der Waals surface area contributed by atoms with Crippen molar-refractivity contribution in [2.45, 2.75) is 41.6 Å². The summed E-state index contributed by atoms with van der Waals surface area (Å²) in [4.78, 5) is 17.9. The zero-order valence-corrected chi connectivity index (χ0v) is 24.4. The fourth-order valence-corrected chi connectivity index (χ4v) is 8.22. The number of likely N-dealkylation sites (tertiary alicyclic amines) is 1. The fourth-order valence-electron chi connectivity index (χ4n) is 4.87. The minimum absolute atomic E-state index is 0.0348. The smallest absolute Gasteiger partial charge is 0.230 e. The number of carbonyl (C=O) groups is 1. The van der Waals surface area contributed by atoms with Crippen molar-refractivity contribution in [3.8, 4) is 0 Å². The summed E-state index contributed by atoms with van der Waals surface area (Å²) in [5, 5.41) is 3.68. The Hall–Kier alpha value is -0.810. The molecular weight excluding hydrogens is 557 g/mol. The summed E-state index contributed by atoms with van der Waals surface area (Å²) in [6, 6.07) is 9.62. The van der Waals surface area contributed by atoms with Gasteiger partial charge in [0, 0.05) is 36.5 Å². The van der Waals surface area contributed by atoms with Crippen LogP contribution in [0.3, 0.4) is 0 Å². The summed E-state index contributed by atoms with van der Waals surface area (Å²) in [5.41, 5.74) is 0.742. The van der Waals surface area contributed by atoms with E-state index in [1.807, 2.05) is 34.1 Å². The Labute approximate surface area is 233 Å². The number of halogens is 2. The maximum atomic E-state index is 13.6. The van der Waals surface area contributed by atoms with Gasteiger partial charge in [-0.1, -0.05) is 29.3 Å². The van der Waals surface area contributed by atoms with Crippen molar-refractivity contribution in [2.24, 2.45) is 5.92 Å². The van der Waals surface area contributed by atoms with Crippen LogP contribution < -0.4 is 4.90 Å². The van der Waals surface area contributed by atoms with Crippen LogP contribution in [-0.4, -0.2) is 74.3 Å². The number of hydrogen-bond acceptors (Lipinski definition) is 6. The van der Waals surface area contributed by atoms with Crippen LogP contribution in [0.5, 0.6) is 0 Å². The minimum Gasteiger partial charge on any atom is -0.312 e. The van der Waals surface area contributed by atoms with Crippen LogP contribution in [0.2, 0.25) is 10.0 Å². The van der Waals surface area contributed by atoms with E-state index in [0.29, 0.717) is 47.8 Å². The molecule has 0 N–H and O–H groups in total. The third kappa shape index (κ3) is 7.62. The molecule has 0 bridgehead atoms. The van der Waals surface area contributed by atoms with E-state index in [1.165, 1.54) is 27.6 Å². The predicted molar refractivity (Wildman–Crippen MR) is 152 cm³/mol. The second kappa shape index (κ2) is 12.8. The summed E-state index contributed by atoms with van der Waals surface area (Å²) in [6.45, 7) is 4.44. The van der Waals surface area contributed by atoms with Crippen molar-refractivity contribution in [3.63, 3.8) is 0 Å². The van der Waals surface area contributed by atoms with E-state index in [9.17, 15) is 13.2 Å². The number of amides is 1. The molecule has 2 aliphatic heterocycles. The number of thioether (sulfide) groups is 1. The van der Waals surface area contributed by atoms with Gasteiger partial charge in [0.1, 0.15) is 0 Å². The van der Waals surface area contributed by atoms with E-state index < -0.39 is 10.0 Å². The van der Waals surface area contributed by atoms with E-state index in [-0.39, 0.29) is 11.8 Å². The SMILES string of the molecule is CS(=O)(=O)N1CCC(C(=O)N(CCCN2CCC(Sc3cccs3)CC2)c2ccc(Cl)c(Cl)c2)CC1. The van der Waals surface area contributed by atoms with Gasteiger partial charge in [0.05, 0.1) is 20.5 Å². The first-order chi connectivity index (χ1) is 17.2. The maximum Gasteiger partial charge on any atom is 0.230 e. The molecule has 2 fully saturated rings. The predicted octanol–water partition coefficient (Wildman–Crippen LogP) is 5.71. The highest BCUT2D eigenvalue weighted by atomic mass is 35.5. The minimum atomic E-state index is -3.23. The Balaban J connectivity index is 1.33. The molecule has 1 amide bonds. The molecule has 0 unspecified atom stereocenters. The highest BCUT2D eigenvalue weighted by Gasteiger charge is 2.32. The molecule has 1 aromatic heterocycles. The molecule has 2 aliphatic rings. The number of nitrogens with zero attached hydrogens (tertiary/aromatic N) is 3. The Morgan fingerprint density at radius 1 is 1.08 bits per heavy atom. The lowest BCUT2D eigenvalue weighted by molar-refractivity contribution is -0.123. The number of anilines is 1. The first-order valence-electron chi connectivity index (χ1n) is 12.3. The number of piperidine rings is 2. The van der Waals surface area contributed by atoms with E-state index in [4.69, 9.17) is 23.2 Å². The van der Waals surface area contributed by atoms with E-state index in [1.54, 1.807) is 12.1 Å². The van der Waals surface area contributed by atoms with Crippen molar-refractivity contribution in [2.75, 3.05) is 50.4 Å². The van der Waals surface area contributed by atoms with Gasteiger partial charge in [-0.15, -0.1) is 23.1 Å². The molecule has 0 saturated carbocycles. The van der Waals surface area contributed by atoms with Gasteiger partial charge in [-0.2, -0.15) is 0 Å². The van der Waals surface area contributed by atoms with Crippen LogP contribution in [-0.2, 0) is 14.8 Å². The molecule has 198 valence electrons. The van der Waals surface area contributed by atoms with E-state index in [0.717, 1.165) is 31.7 Å². The summed E-state index contributed by atoms with van der Waals surface area (Å²) >= 11 is 16.2. The summed E-state index contributed by atoms with van der Waals surface area (Å²) < 4.78 is 26.6. The average molecular weight is 591 g/mol. The van der Waals surface area contributed by atoms with E-state index >= 15 is 0 Å². The van der Waals surface area contributed by atoms with Gasteiger partial charge in [-0.3, -0.25) is 4.79 Å². The molecular formula is C25H33Cl2N3O3S3. The van der Waals surface area contributed by atoms with Gasteiger partial charge in [-0.25, -0.2) is 12.7 Å². The zero-order chi connectivity index (χ0) is 25.7. The van der Waals surface area contributed by atoms with Crippen LogP contribution in [0.15, 0.2) is 39.9 Å². The first kappa shape index (κ1) is 28.2. The largest absolute Gasteiger partial charge is 0.312 e.